The monoisotopic (exact) mass is 493 g/mol. The summed E-state index contributed by atoms with van der Waals surface area (Å²) in [7, 11) is 1.32. The van der Waals surface area contributed by atoms with Crippen molar-refractivity contribution in [1.29, 1.82) is 0 Å². The lowest BCUT2D eigenvalue weighted by atomic mass is 10.1. The number of rotatable bonds is 10. The molecular weight excluding hydrogens is 466 g/mol. The van der Waals surface area contributed by atoms with Crippen LogP contribution in [-0.4, -0.2) is 58.4 Å². The summed E-state index contributed by atoms with van der Waals surface area (Å²) in [5.41, 5.74) is 0.367. The van der Waals surface area contributed by atoms with E-state index in [2.05, 4.69) is 9.97 Å². The molecule has 3 rings (SSSR count). The zero-order valence-electron chi connectivity index (χ0n) is 19.1. The number of thiophene rings is 1. The normalized spacial score (nSPS) is 12.5. The van der Waals surface area contributed by atoms with Gasteiger partial charge in [-0.2, -0.15) is 0 Å². The number of ether oxygens (including phenoxy) is 2. The molecule has 0 saturated heterocycles. The fourth-order valence-corrected chi connectivity index (χ4v) is 4.81. The number of aryl methyl sites for hydroxylation is 1. The molecule has 0 saturated carbocycles. The summed E-state index contributed by atoms with van der Waals surface area (Å²) in [5, 5.41) is 11.6. The molecule has 2 N–H and O–H groups in total. The molecule has 1 aromatic carbocycles. The van der Waals surface area contributed by atoms with Gasteiger partial charge < -0.3 is 19.6 Å². The van der Waals surface area contributed by atoms with E-state index in [4.69, 9.17) is 21.1 Å². The molecule has 0 aliphatic heterocycles. The third-order valence-corrected chi connectivity index (χ3v) is 6.58. The lowest BCUT2D eigenvalue weighted by Gasteiger charge is -2.28. The second-order valence-corrected chi connectivity index (χ2v) is 9.33. The molecule has 2 heterocycles. The lowest BCUT2D eigenvalue weighted by Crippen LogP contribution is -2.40. The van der Waals surface area contributed by atoms with E-state index < -0.39 is 12.1 Å². The molecule has 0 bridgehead atoms. The van der Waals surface area contributed by atoms with Crippen LogP contribution in [0.1, 0.15) is 41.8 Å². The Labute approximate surface area is 201 Å². The van der Waals surface area contributed by atoms with Crippen molar-refractivity contribution in [2.24, 2.45) is 0 Å². The average molecular weight is 494 g/mol. The highest BCUT2D eigenvalue weighted by molar-refractivity contribution is 7.20. The first kappa shape index (κ1) is 25.2. The summed E-state index contributed by atoms with van der Waals surface area (Å²) in [6.45, 7) is 6.65. The SMILES string of the molecule is CCc1c(C(=O)OC)sc2nc(CN(CC(O)COc3ccc(Cl)cc3)C(C)C)[nH]c(=O)c12. The van der Waals surface area contributed by atoms with Gasteiger partial charge in [0, 0.05) is 17.6 Å². The quantitative estimate of drug-likeness (QED) is 0.415. The fourth-order valence-electron chi connectivity index (χ4n) is 3.48. The van der Waals surface area contributed by atoms with Crippen molar-refractivity contribution in [2.45, 2.75) is 45.9 Å². The number of benzene rings is 1. The van der Waals surface area contributed by atoms with Gasteiger partial charge in [0.05, 0.1) is 19.0 Å². The number of halogens is 1. The van der Waals surface area contributed by atoms with Gasteiger partial charge in [0.1, 0.15) is 34.0 Å². The van der Waals surface area contributed by atoms with Crippen LogP contribution in [0.25, 0.3) is 10.2 Å². The largest absolute Gasteiger partial charge is 0.491 e. The Morgan fingerprint density at radius 2 is 2.00 bits per heavy atom. The zero-order valence-corrected chi connectivity index (χ0v) is 20.6. The number of aliphatic hydroxyl groups excluding tert-OH is 1. The fraction of sp³-hybridized carbons (Fsp3) is 0.435. The van der Waals surface area contributed by atoms with Gasteiger partial charge in [-0.3, -0.25) is 9.69 Å². The van der Waals surface area contributed by atoms with Gasteiger partial charge in [-0.05, 0) is 50.1 Å². The third-order valence-electron chi connectivity index (χ3n) is 5.22. The van der Waals surface area contributed by atoms with E-state index in [0.29, 0.717) is 56.8 Å². The van der Waals surface area contributed by atoms with Crippen molar-refractivity contribution in [2.75, 3.05) is 20.3 Å². The topological polar surface area (TPSA) is 105 Å². The lowest BCUT2D eigenvalue weighted by molar-refractivity contribution is 0.0533. The van der Waals surface area contributed by atoms with Crippen molar-refractivity contribution in [1.82, 2.24) is 14.9 Å². The number of aromatic nitrogens is 2. The highest BCUT2D eigenvalue weighted by atomic mass is 35.5. The van der Waals surface area contributed by atoms with Crippen molar-refractivity contribution >= 4 is 39.1 Å². The Hall–Kier alpha value is -2.46. The van der Waals surface area contributed by atoms with Gasteiger partial charge in [0.2, 0.25) is 0 Å². The van der Waals surface area contributed by atoms with E-state index in [9.17, 15) is 14.7 Å². The maximum absolute atomic E-state index is 12.8. The minimum absolute atomic E-state index is 0.0800. The predicted molar refractivity (Wildman–Crippen MR) is 129 cm³/mol. The number of methoxy groups -OCH3 is 1. The summed E-state index contributed by atoms with van der Waals surface area (Å²) < 4.78 is 10.5. The van der Waals surface area contributed by atoms with E-state index >= 15 is 0 Å². The third kappa shape index (κ3) is 6.11. The number of nitrogens with one attached hydrogen (secondary N) is 1. The molecule has 0 fully saturated rings. The first-order valence-electron chi connectivity index (χ1n) is 10.7. The molecule has 178 valence electrons. The van der Waals surface area contributed by atoms with Crippen molar-refractivity contribution in [3.63, 3.8) is 0 Å². The number of aromatic amines is 1. The molecular formula is C23H28ClN3O5S. The number of hydrogen-bond donors (Lipinski definition) is 2. The van der Waals surface area contributed by atoms with Crippen LogP contribution >= 0.6 is 22.9 Å². The zero-order chi connectivity index (χ0) is 24.1. The van der Waals surface area contributed by atoms with Crippen LogP contribution in [-0.2, 0) is 17.7 Å². The maximum Gasteiger partial charge on any atom is 0.348 e. The van der Waals surface area contributed by atoms with Crippen molar-refractivity contribution in [3.05, 3.63) is 55.9 Å². The molecule has 1 atom stereocenters. The summed E-state index contributed by atoms with van der Waals surface area (Å²) in [6, 6.07) is 7.02. The van der Waals surface area contributed by atoms with E-state index in [1.807, 2.05) is 25.7 Å². The van der Waals surface area contributed by atoms with Crippen LogP contribution < -0.4 is 10.3 Å². The van der Waals surface area contributed by atoms with Crippen LogP contribution in [0.15, 0.2) is 29.1 Å². The van der Waals surface area contributed by atoms with Gasteiger partial charge in [-0.15, -0.1) is 11.3 Å². The Kier molecular flexibility index (Phi) is 8.47. The first-order chi connectivity index (χ1) is 15.7. The molecule has 10 heteroatoms. The standard InChI is InChI=1S/C23H28ClN3O5S/c1-5-17-19-21(29)25-18(26-22(19)33-20(17)23(30)31-4)11-27(13(2)3)10-15(28)12-32-16-8-6-14(24)7-9-16/h6-9,13,15,28H,5,10-12H2,1-4H3,(H,25,26,29). The summed E-state index contributed by atoms with van der Waals surface area (Å²) >= 11 is 7.04. The molecule has 2 aromatic heterocycles. The van der Waals surface area contributed by atoms with Crippen LogP contribution in [0, 0.1) is 0 Å². The minimum atomic E-state index is -0.752. The highest BCUT2D eigenvalue weighted by Gasteiger charge is 2.23. The maximum atomic E-state index is 12.8. The highest BCUT2D eigenvalue weighted by Crippen LogP contribution is 2.29. The first-order valence-corrected chi connectivity index (χ1v) is 11.9. The van der Waals surface area contributed by atoms with Gasteiger partial charge in [0.15, 0.2) is 0 Å². The van der Waals surface area contributed by atoms with E-state index in [1.54, 1.807) is 24.3 Å². The molecule has 3 aromatic rings. The number of carbonyl (C=O) groups excluding carboxylic acids is 1. The molecule has 0 aliphatic carbocycles. The molecule has 0 amide bonds. The average Bonchev–Trinajstić information content (AvgIpc) is 3.16. The van der Waals surface area contributed by atoms with Gasteiger partial charge in [0.25, 0.3) is 5.56 Å². The van der Waals surface area contributed by atoms with Crippen LogP contribution in [0.3, 0.4) is 0 Å². The molecule has 0 radical (unpaired) electrons. The number of hydrogen-bond acceptors (Lipinski definition) is 8. The summed E-state index contributed by atoms with van der Waals surface area (Å²) in [4.78, 5) is 35.3. The Bertz CT molecular complexity index is 1160. The number of fused-ring (bicyclic) bond motifs is 1. The van der Waals surface area contributed by atoms with Crippen LogP contribution in [0.2, 0.25) is 5.02 Å². The van der Waals surface area contributed by atoms with Gasteiger partial charge in [-0.25, -0.2) is 9.78 Å². The van der Waals surface area contributed by atoms with E-state index in [1.165, 1.54) is 7.11 Å². The Morgan fingerprint density at radius 1 is 1.30 bits per heavy atom. The van der Waals surface area contributed by atoms with E-state index in [-0.39, 0.29) is 18.2 Å². The van der Waals surface area contributed by atoms with Crippen molar-refractivity contribution < 1.29 is 19.4 Å². The molecule has 1 unspecified atom stereocenters. The number of nitrogens with zero attached hydrogens (tertiary/aromatic N) is 2. The van der Waals surface area contributed by atoms with Gasteiger partial charge in [-0.1, -0.05) is 18.5 Å². The molecule has 0 aliphatic rings. The second kappa shape index (κ2) is 11.1. The number of esters is 1. The number of aliphatic hydroxyl groups is 1. The van der Waals surface area contributed by atoms with Crippen LogP contribution in [0.5, 0.6) is 5.75 Å². The van der Waals surface area contributed by atoms with Crippen LogP contribution in [0.4, 0.5) is 0 Å². The number of H-pyrrole nitrogens is 1. The van der Waals surface area contributed by atoms with E-state index in [0.717, 1.165) is 11.3 Å². The predicted octanol–water partition coefficient (Wildman–Crippen LogP) is 3.64. The smallest absolute Gasteiger partial charge is 0.348 e. The Morgan fingerprint density at radius 3 is 2.61 bits per heavy atom. The second-order valence-electron chi connectivity index (χ2n) is 7.89. The Balaban J connectivity index is 1.75. The summed E-state index contributed by atoms with van der Waals surface area (Å²) in [6.07, 6.45) is -0.232. The molecule has 8 nitrogen and oxygen atoms in total. The number of carbonyl (C=O) groups is 1. The van der Waals surface area contributed by atoms with Gasteiger partial charge >= 0.3 is 5.97 Å². The van der Waals surface area contributed by atoms with Crippen molar-refractivity contribution in [3.8, 4) is 5.75 Å². The molecule has 33 heavy (non-hydrogen) atoms. The summed E-state index contributed by atoms with van der Waals surface area (Å²) in [5.74, 6) is 0.618. The molecule has 0 spiro atoms. The minimum Gasteiger partial charge on any atom is -0.491 e.